The van der Waals surface area contributed by atoms with Crippen molar-refractivity contribution in [2.24, 2.45) is 0 Å². The largest absolute Gasteiger partial charge is 0.484 e. The van der Waals surface area contributed by atoms with Gasteiger partial charge < -0.3 is 9.47 Å². The number of hydrogen-bond acceptors (Lipinski definition) is 5. The van der Waals surface area contributed by atoms with Crippen molar-refractivity contribution >= 4 is 11.7 Å². The first-order valence-electron chi connectivity index (χ1n) is 7.80. The monoisotopic (exact) mass is 379 g/mol. The van der Waals surface area contributed by atoms with Crippen molar-refractivity contribution in [3.05, 3.63) is 53.7 Å². The average molecular weight is 379 g/mol. The van der Waals surface area contributed by atoms with Gasteiger partial charge in [0, 0.05) is 13.3 Å². The highest BCUT2D eigenvalue weighted by molar-refractivity contribution is 5.93. The van der Waals surface area contributed by atoms with Gasteiger partial charge >= 0.3 is 6.18 Å². The molecule has 0 atom stereocenters. The van der Waals surface area contributed by atoms with Crippen molar-refractivity contribution in [1.82, 2.24) is 4.98 Å². The van der Waals surface area contributed by atoms with Crippen molar-refractivity contribution in [3.63, 3.8) is 0 Å². The first kappa shape index (κ1) is 20.2. The van der Waals surface area contributed by atoms with E-state index in [1.165, 1.54) is 12.0 Å². The van der Waals surface area contributed by atoms with Crippen LogP contribution in [0, 0.1) is 11.3 Å². The number of pyridine rings is 1. The van der Waals surface area contributed by atoms with Gasteiger partial charge in [-0.3, -0.25) is 9.69 Å². The maximum absolute atomic E-state index is 12.7. The van der Waals surface area contributed by atoms with Gasteiger partial charge in [-0.05, 0) is 36.4 Å². The predicted octanol–water partition coefficient (Wildman–Crippen LogP) is 3.03. The van der Waals surface area contributed by atoms with E-state index >= 15 is 0 Å². The first-order valence-corrected chi connectivity index (χ1v) is 7.80. The molecular weight excluding hydrogens is 363 g/mol. The quantitative estimate of drug-likeness (QED) is 0.739. The molecule has 1 aromatic heterocycles. The van der Waals surface area contributed by atoms with E-state index in [9.17, 15) is 18.0 Å². The van der Waals surface area contributed by atoms with Gasteiger partial charge in [0.05, 0.1) is 30.3 Å². The van der Waals surface area contributed by atoms with Crippen LogP contribution in [0.25, 0.3) is 0 Å². The van der Waals surface area contributed by atoms with E-state index in [1.54, 1.807) is 24.3 Å². The van der Waals surface area contributed by atoms with Gasteiger partial charge in [0.2, 0.25) is 0 Å². The van der Waals surface area contributed by atoms with Crippen LogP contribution in [-0.4, -0.2) is 37.8 Å². The minimum atomic E-state index is -4.51. The molecule has 0 aliphatic heterocycles. The molecule has 0 aliphatic carbocycles. The summed E-state index contributed by atoms with van der Waals surface area (Å²) < 4.78 is 48.3. The number of halogens is 3. The Morgan fingerprint density at radius 1 is 1.22 bits per heavy atom. The Bertz CT molecular complexity index is 800. The van der Waals surface area contributed by atoms with Crippen molar-refractivity contribution in [3.8, 4) is 11.8 Å². The number of carbonyl (C=O) groups is 1. The Hall–Kier alpha value is -3.12. The zero-order valence-electron chi connectivity index (χ0n) is 14.4. The molecule has 0 radical (unpaired) electrons. The zero-order valence-corrected chi connectivity index (χ0v) is 14.4. The van der Waals surface area contributed by atoms with E-state index in [0.29, 0.717) is 17.5 Å². The summed E-state index contributed by atoms with van der Waals surface area (Å²) in [7, 11) is 1.44. The van der Waals surface area contributed by atoms with Gasteiger partial charge in [0.1, 0.15) is 11.6 Å². The summed E-state index contributed by atoms with van der Waals surface area (Å²) in [5.74, 6) is -0.0495. The lowest BCUT2D eigenvalue weighted by Crippen LogP contribution is -2.38. The zero-order chi connectivity index (χ0) is 19.9. The summed E-state index contributed by atoms with van der Waals surface area (Å²) in [5, 5.41) is 8.76. The number of alkyl halides is 3. The summed E-state index contributed by atoms with van der Waals surface area (Å²) >= 11 is 0. The number of carbonyl (C=O) groups excluding carboxylic acids is 1. The van der Waals surface area contributed by atoms with Crippen LogP contribution in [0.3, 0.4) is 0 Å². The van der Waals surface area contributed by atoms with E-state index in [-0.39, 0.29) is 25.6 Å². The van der Waals surface area contributed by atoms with Crippen LogP contribution in [0.15, 0.2) is 42.6 Å². The van der Waals surface area contributed by atoms with E-state index in [2.05, 4.69) is 4.98 Å². The lowest BCUT2D eigenvalue weighted by atomic mass is 10.2. The molecule has 1 amide bonds. The number of ether oxygens (including phenoxy) is 2. The highest BCUT2D eigenvalue weighted by Gasteiger charge is 2.31. The van der Waals surface area contributed by atoms with Crippen LogP contribution in [0.5, 0.6) is 5.75 Å². The lowest BCUT2D eigenvalue weighted by molar-refractivity contribution is -0.137. The molecule has 0 saturated carbocycles. The molecule has 0 bridgehead atoms. The molecule has 0 unspecified atom stereocenters. The third-order valence-electron chi connectivity index (χ3n) is 3.52. The maximum Gasteiger partial charge on any atom is 0.417 e. The molecule has 0 spiro atoms. The Morgan fingerprint density at radius 3 is 2.44 bits per heavy atom. The van der Waals surface area contributed by atoms with Gasteiger partial charge in [-0.2, -0.15) is 18.4 Å². The number of nitriles is 1. The van der Waals surface area contributed by atoms with Gasteiger partial charge in [-0.15, -0.1) is 0 Å². The number of benzene rings is 1. The number of rotatable bonds is 7. The number of anilines is 1. The van der Waals surface area contributed by atoms with Crippen LogP contribution in [0.2, 0.25) is 0 Å². The van der Waals surface area contributed by atoms with Crippen LogP contribution in [0.1, 0.15) is 11.1 Å². The number of aromatic nitrogens is 1. The molecule has 6 nitrogen and oxygen atoms in total. The molecule has 142 valence electrons. The molecule has 0 saturated heterocycles. The Labute approximate surface area is 153 Å². The molecule has 0 fully saturated rings. The summed E-state index contributed by atoms with van der Waals surface area (Å²) in [4.78, 5) is 17.4. The van der Waals surface area contributed by atoms with Crippen molar-refractivity contribution in [2.75, 3.05) is 31.8 Å². The van der Waals surface area contributed by atoms with E-state index in [0.717, 1.165) is 12.1 Å². The molecule has 2 rings (SSSR count). The second-order valence-corrected chi connectivity index (χ2v) is 5.37. The molecule has 0 aliphatic rings. The number of nitrogens with zero attached hydrogens (tertiary/aromatic N) is 3. The second kappa shape index (κ2) is 9.00. The predicted molar refractivity (Wildman–Crippen MR) is 90.1 cm³/mol. The van der Waals surface area contributed by atoms with E-state index in [4.69, 9.17) is 14.7 Å². The molecule has 0 N–H and O–H groups in total. The molecule has 27 heavy (non-hydrogen) atoms. The van der Waals surface area contributed by atoms with Crippen molar-refractivity contribution in [1.29, 1.82) is 5.26 Å². The van der Waals surface area contributed by atoms with Gasteiger partial charge in [0.15, 0.2) is 6.61 Å². The summed E-state index contributed by atoms with van der Waals surface area (Å²) in [5.41, 5.74) is -0.455. The number of hydrogen-bond donors (Lipinski definition) is 0. The summed E-state index contributed by atoms with van der Waals surface area (Å²) in [6.45, 7) is -0.0753. The fourth-order valence-corrected chi connectivity index (χ4v) is 2.11. The van der Waals surface area contributed by atoms with Crippen LogP contribution in [0.4, 0.5) is 19.0 Å². The molecule has 1 aromatic carbocycles. The average Bonchev–Trinajstić information content (AvgIpc) is 2.66. The van der Waals surface area contributed by atoms with Gasteiger partial charge in [-0.25, -0.2) is 4.98 Å². The molecule has 9 heteroatoms. The van der Waals surface area contributed by atoms with Crippen LogP contribution < -0.4 is 9.64 Å². The molecular formula is C18H16F3N3O3. The van der Waals surface area contributed by atoms with Crippen LogP contribution in [-0.2, 0) is 15.7 Å². The minimum absolute atomic E-state index is 0.0634. The normalized spacial score (nSPS) is 10.9. The van der Waals surface area contributed by atoms with E-state index < -0.39 is 17.6 Å². The Kier molecular flexibility index (Phi) is 6.73. The smallest absolute Gasteiger partial charge is 0.417 e. The lowest BCUT2D eigenvalue weighted by Gasteiger charge is -2.22. The standard InChI is InChI=1S/C18H16F3N3O3/c1-26-9-8-24(16-7-4-14(11-23-16)18(19,20)21)17(25)12-27-15-5-2-13(10-22)3-6-15/h2-7,11H,8-9,12H2,1H3. The Morgan fingerprint density at radius 2 is 1.93 bits per heavy atom. The summed E-state index contributed by atoms with van der Waals surface area (Å²) in [6, 6.07) is 10.1. The minimum Gasteiger partial charge on any atom is -0.484 e. The Balaban J connectivity index is 2.09. The first-order chi connectivity index (χ1) is 12.8. The SMILES string of the molecule is COCCN(C(=O)COc1ccc(C#N)cc1)c1ccc(C(F)(F)F)cn1. The molecule has 1 heterocycles. The van der Waals surface area contributed by atoms with Gasteiger partial charge in [-0.1, -0.05) is 0 Å². The van der Waals surface area contributed by atoms with E-state index in [1.807, 2.05) is 6.07 Å². The van der Waals surface area contributed by atoms with Crippen molar-refractivity contribution in [2.45, 2.75) is 6.18 Å². The number of methoxy groups -OCH3 is 1. The van der Waals surface area contributed by atoms with Gasteiger partial charge in [0.25, 0.3) is 5.91 Å². The third-order valence-corrected chi connectivity index (χ3v) is 3.52. The second-order valence-electron chi connectivity index (χ2n) is 5.37. The highest BCUT2D eigenvalue weighted by Crippen LogP contribution is 2.29. The van der Waals surface area contributed by atoms with Crippen molar-refractivity contribution < 1.29 is 27.4 Å². The third kappa shape index (κ3) is 5.69. The maximum atomic E-state index is 12.7. The number of amides is 1. The van der Waals surface area contributed by atoms with Crippen LogP contribution >= 0.6 is 0 Å². The fourth-order valence-electron chi connectivity index (χ4n) is 2.11. The highest BCUT2D eigenvalue weighted by atomic mass is 19.4. The fraction of sp³-hybridized carbons (Fsp3) is 0.278. The summed E-state index contributed by atoms with van der Waals surface area (Å²) in [6.07, 6.45) is -3.84. The topological polar surface area (TPSA) is 75.4 Å². The molecule has 2 aromatic rings.